The van der Waals surface area contributed by atoms with E-state index in [-0.39, 0.29) is 12.5 Å². The molecule has 0 rings (SSSR count). The first-order valence-electron chi connectivity index (χ1n) is 7.46. The minimum Gasteiger partial charge on any atom is -0.481 e. The van der Waals surface area contributed by atoms with Crippen LogP contribution in [0.25, 0.3) is 0 Å². The van der Waals surface area contributed by atoms with Gasteiger partial charge in [0.1, 0.15) is 0 Å². The van der Waals surface area contributed by atoms with Crippen molar-refractivity contribution in [1.82, 2.24) is 5.32 Å². The second-order valence-corrected chi connectivity index (χ2v) is 5.63. The van der Waals surface area contributed by atoms with E-state index in [9.17, 15) is 9.59 Å². The standard InChI is InChI=1S/C15H29NO3/c1-4-5-6-7-8-9-14(17)16-11-13(15(18)19)10-12(2)3/h12-13H,4-11H2,1-3H3,(H,16,17)(H,18,19). The summed E-state index contributed by atoms with van der Waals surface area (Å²) in [4.78, 5) is 22.6. The van der Waals surface area contributed by atoms with Gasteiger partial charge in [0.25, 0.3) is 0 Å². The summed E-state index contributed by atoms with van der Waals surface area (Å²) in [6.07, 6.45) is 6.68. The number of carbonyl (C=O) groups is 2. The van der Waals surface area contributed by atoms with Crippen molar-refractivity contribution in [2.24, 2.45) is 11.8 Å². The third-order valence-corrected chi connectivity index (χ3v) is 3.16. The highest BCUT2D eigenvalue weighted by atomic mass is 16.4. The average Bonchev–Trinajstić information content (AvgIpc) is 2.33. The molecule has 0 spiro atoms. The van der Waals surface area contributed by atoms with Crippen LogP contribution in [0.1, 0.15) is 65.7 Å². The van der Waals surface area contributed by atoms with Gasteiger partial charge in [0.2, 0.25) is 5.91 Å². The van der Waals surface area contributed by atoms with Crippen LogP contribution in [0, 0.1) is 11.8 Å². The summed E-state index contributed by atoms with van der Waals surface area (Å²) in [5.74, 6) is -0.987. The summed E-state index contributed by atoms with van der Waals surface area (Å²) in [7, 11) is 0. The van der Waals surface area contributed by atoms with Crippen molar-refractivity contribution < 1.29 is 14.7 Å². The van der Waals surface area contributed by atoms with Gasteiger partial charge in [-0.05, 0) is 18.8 Å². The highest BCUT2D eigenvalue weighted by Gasteiger charge is 2.19. The Balaban J connectivity index is 3.76. The molecular weight excluding hydrogens is 242 g/mol. The number of aliphatic carboxylic acids is 1. The van der Waals surface area contributed by atoms with Crippen LogP contribution in [0.3, 0.4) is 0 Å². The number of nitrogens with one attached hydrogen (secondary N) is 1. The fourth-order valence-corrected chi connectivity index (χ4v) is 2.06. The molecule has 0 saturated heterocycles. The van der Waals surface area contributed by atoms with Crippen molar-refractivity contribution in [3.05, 3.63) is 0 Å². The highest BCUT2D eigenvalue weighted by Crippen LogP contribution is 2.11. The lowest BCUT2D eigenvalue weighted by molar-refractivity contribution is -0.142. The van der Waals surface area contributed by atoms with Gasteiger partial charge >= 0.3 is 5.97 Å². The lowest BCUT2D eigenvalue weighted by Crippen LogP contribution is -2.33. The fourth-order valence-electron chi connectivity index (χ4n) is 2.06. The molecule has 1 unspecified atom stereocenters. The van der Waals surface area contributed by atoms with Crippen LogP contribution in [0.4, 0.5) is 0 Å². The van der Waals surface area contributed by atoms with Crippen LogP contribution in [-0.4, -0.2) is 23.5 Å². The van der Waals surface area contributed by atoms with Gasteiger partial charge in [-0.2, -0.15) is 0 Å². The molecule has 0 aromatic rings. The Morgan fingerprint density at radius 2 is 1.74 bits per heavy atom. The van der Waals surface area contributed by atoms with E-state index in [1.54, 1.807) is 0 Å². The maximum absolute atomic E-state index is 11.6. The summed E-state index contributed by atoms with van der Waals surface area (Å²) in [5, 5.41) is 11.8. The van der Waals surface area contributed by atoms with Crippen LogP contribution < -0.4 is 5.32 Å². The molecule has 0 aromatic carbocycles. The van der Waals surface area contributed by atoms with Crippen LogP contribution in [0.15, 0.2) is 0 Å². The summed E-state index contributed by atoms with van der Waals surface area (Å²) in [5.41, 5.74) is 0. The molecule has 112 valence electrons. The van der Waals surface area contributed by atoms with Gasteiger partial charge in [-0.1, -0.05) is 46.5 Å². The molecule has 0 bridgehead atoms. The van der Waals surface area contributed by atoms with E-state index in [2.05, 4.69) is 12.2 Å². The summed E-state index contributed by atoms with van der Waals surface area (Å²) in [6.45, 7) is 6.39. The molecule has 1 atom stereocenters. The summed E-state index contributed by atoms with van der Waals surface area (Å²) in [6, 6.07) is 0. The zero-order valence-corrected chi connectivity index (χ0v) is 12.6. The zero-order valence-electron chi connectivity index (χ0n) is 12.6. The Morgan fingerprint density at radius 3 is 2.26 bits per heavy atom. The van der Waals surface area contributed by atoms with Crippen LogP contribution >= 0.6 is 0 Å². The van der Waals surface area contributed by atoms with Gasteiger partial charge in [-0.3, -0.25) is 9.59 Å². The Kier molecular flexibility index (Phi) is 10.2. The number of rotatable bonds is 11. The van der Waals surface area contributed by atoms with Crippen molar-refractivity contribution in [2.45, 2.75) is 65.7 Å². The molecule has 1 amide bonds. The number of carboxylic acids is 1. The SMILES string of the molecule is CCCCCCCC(=O)NCC(CC(C)C)C(=O)O. The van der Waals surface area contributed by atoms with E-state index in [1.807, 2.05) is 13.8 Å². The Bertz CT molecular complexity index is 264. The molecule has 0 aliphatic rings. The number of hydrogen-bond donors (Lipinski definition) is 2. The normalized spacial score (nSPS) is 12.4. The molecule has 4 heteroatoms. The van der Waals surface area contributed by atoms with Crippen molar-refractivity contribution in [1.29, 1.82) is 0 Å². The third kappa shape index (κ3) is 10.5. The number of unbranched alkanes of at least 4 members (excludes halogenated alkanes) is 4. The lowest BCUT2D eigenvalue weighted by atomic mass is 9.97. The summed E-state index contributed by atoms with van der Waals surface area (Å²) < 4.78 is 0. The van der Waals surface area contributed by atoms with Crippen LogP contribution in [0.2, 0.25) is 0 Å². The Hall–Kier alpha value is -1.06. The van der Waals surface area contributed by atoms with E-state index < -0.39 is 11.9 Å². The van der Waals surface area contributed by atoms with E-state index >= 15 is 0 Å². The number of carboxylic acid groups (broad SMARTS) is 1. The predicted octanol–water partition coefficient (Wildman–Crippen LogP) is 3.21. The smallest absolute Gasteiger partial charge is 0.308 e. The van der Waals surface area contributed by atoms with Gasteiger partial charge in [0, 0.05) is 13.0 Å². The molecule has 0 aliphatic heterocycles. The number of hydrogen-bond acceptors (Lipinski definition) is 2. The highest BCUT2D eigenvalue weighted by molar-refractivity contribution is 5.77. The van der Waals surface area contributed by atoms with E-state index in [0.29, 0.717) is 18.8 Å². The van der Waals surface area contributed by atoms with Crippen LogP contribution in [-0.2, 0) is 9.59 Å². The molecular formula is C15H29NO3. The second kappa shape index (κ2) is 10.8. The predicted molar refractivity (Wildman–Crippen MR) is 77.0 cm³/mol. The van der Waals surface area contributed by atoms with Crippen molar-refractivity contribution in [3.8, 4) is 0 Å². The molecule has 4 nitrogen and oxygen atoms in total. The summed E-state index contributed by atoms with van der Waals surface area (Å²) >= 11 is 0. The van der Waals surface area contributed by atoms with Gasteiger partial charge in [0.15, 0.2) is 0 Å². The van der Waals surface area contributed by atoms with E-state index in [0.717, 1.165) is 12.8 Å². The van der Waals surface area contributed by atoms with Crippen molar-refractivity contribution in [2.75, 3.05) is 6.54 Å². The molecule has 0 saturated carbocycles. The molecule has 19 heavy (non-hydrogen) atoms. The number of amides is 1. The largest absolute Gasteiger partial charge is 0.481 e. The van der Waals surface area contributed by atoms with Gasteiger partial charge in [0.05, 0.1) is 5.92 Å². The van der Waals surface area contributed by atoms with E-state index in [1.165, 1.54) is 19.3 Å². The maximum Gasteiger partial charge on any atom is 0.308 e. The molecule has 0 aromatic heterocycles. The maximum atomic E-state index is 11.6. The quantitative estimate of drug-likeness (QED) is 0.567. The van der Waals surface area contributed by atoms with Crippen LogP contribution in [0.5, 0.6) is 0 Å². The molecule has 0 aliphatic carbocycles. The minimum atomic E-state index is -0.822. The van der Waals surface area contributed by atoms with Gasteiger partial charge in [-0.25, -0.2) is 0 Å². The first kappa shape index (κ1) is 17.9. The topological polar surface area (TPSA) is 66.4 Å². The van der Waals surface area contributed by atoms with Gasteiger partial charge < -0.3 is 10.4 Å². The third-order valence-electron chi connectivity index (χ3n) is 3.16. The van der Waals surface area contributed by atoms with E-state index in [4.69, 9.17) is 5.11 Å². The van der Waals surface area contributed by atoms with Gasteiger partial charge in [-0.15, -0.1) is 0 Å². The first-order valence-corrected chi connectivity index (χ1v) is 7.46. The van der Waals surface area contributed by atoms with Crippen molar-refractivity contribution in [3.63, 3.8) is 0 Å². The number of carbonyl (C=O) groups excluding carboxylic acids is 1. The molecule has 0 heterocycles. The Labute approximate surface area is 117 Å². The average molecular weight is 271 g/mol. The van der Waals surface area contributed by atoms with Crippen molar-refractivity contribution >= 4 is 11.9 Å². The minimum absolute atomic E-state index is 0.0218. The molecule has 0 radical (unpaired) electrons. The lowest BCUT2D eigenvalue weighted by Gasteiger charge is -2.15. The Morgan fingerprint density at radius 1 is 1.11 bits per heavy atom. The zero-order chi connectivity index (χ0) is 14.7. The fraction of sp³-hybridized carbons (Fsp3) is 0.867. The monoisotopic (exact) mass is 271 g/mol. The first-order chi connectivity index (χ1) is 8.97. The second-order valence-electron chi connectivity index (χ2n) is 5.63. The molecule has 0 fully saturated rings. The molecule has 2 N–H and O–H groups in total.